The van der Waals surface area contributed by atoms with Gasteiger partial charge in [0.05, 0.1) is 42.1 Å². The average Bonchev–Trinajstić information content (AvgIpc) is 2.99. The van der Waals surface area contributed by atoms with Crippen LogP contribution in [0.1, 0.15) is 68.8 Å². The van der Waals surface area contributed by atoms with Gasteiger partial charge in [0.25, 0.3) is 0 Å². The zero-order valence-corrected chi connectivity index (χ0v) is 23.9. The third-order valence-electron chi connectivity index (χ3n) is 7.99. The first kappa shape index (κ1) is 33.4. The van der Waals surface area contributed by atoms with Crippen LogP contribution < -0.4 is 10.5 Å². The number of aliphatic carboxylic acids is 2. The fourth-order valence-electron chi connectivity index (χ4n) is 5.75. The topological polar surface area (TPSA) is 281 Å². The molecule has 0 aromatic heterocycles. The van der Waals surface area contributed by atoms with Gasteiger partial charge in [-0.1, -0.05) is 12.1 Å². The number of phenols is 2. The number of nitrogens with two attached hydrogens (primary N) is 1. The molecule has 0 saturated carbocycles. The molecule has 9 N–H and O–H groups in total. The molecule has 2 aromatic carbocycles. The van der Waals surface area contributed by atoms with Crippen molar-refractivity contribution in [1.29, 1.82) is 0 Å². The van der Waals surface area contributed by atoms with Crippen molar-refractivity contribution in [3.05, 3.63) is 51.6 Å². The van der Waals surface area contributed by atoms with Crippen molar-refractivity contribution < 1.29 is 73.9 Å². The van der Waals surface area contributed by atoms with Crippen molar-refractivity contribution in [3.63, 3.8) is 0 Å². The van der Waals surface area contributed by atoms with Crippen LogP contribution in [0.5, 0.6) is 17.2 Å². The number of methoxy groups -OCH3 is 1. The van der Waals surface area contributed by atoms with Crippen LogP contribution in [-0.2, 0) is 30.3 Å². The van der Waals surface area contributed by atoms with Gasteiger partial charge in [-0.05, 0) is 13.0 Å². The van der Waals surface area contributed by atoms with Crippen molar-refractivity contribution in [1.82, 2.24) is 0 Å². The van der Waals surface area contributed by atoms with E-state index >= 15 is 0 Å². The van der Waals surface area contributed by atoms with E-state index in [4.69, 9.17) is 39.7 Å². The van der Waals surface area contributed by atoms with Gasteiger partial charge >= 0.3 is 11.9 Å². The fraction of sp³-hybridized carbons (Fsp3) is 0.414. The van der Waals surface area contributed by atoms with E-state index in [9.17, 15) is 39.9 Å². The van der Waals surface area contributed by atoms with Crippen molar-refractivity contribution in [2.45, 2.75) is 62.4 Å². The zero-order valence-electron chi connectivity index (χ0n) is 23.9. The summed E-state index contributed by atoms with van der Waals surface area (Å²) in [6.07, 6.45) is -5.12. The molecule has 2 aromatic rings. The van der Waals surface area contributed by atoms with Crippen molar-refractivity contribution >= 4 is 29.3 Å². The van der Waals surface area contributed by atoms with Crippen LogP contribution in [0.15, 0.2) is 18.2 Å². The highest BCUT2D eigenvalue weighted by Crippen LogP contribution is 2.52. The Morgan fingerprint density at radius 3 is 2.22 bits per heavy atom. The number of aliphatic hydroxyl groups excluding tert-OH is 2. The number of fused-ring (bicyclic) bond motifs is 3. The number of carboxylic acid groups (broad SMARTS) is 2. The second-order valence-electron chi connectivity index (χ2n) is 10.8. The molecule has 16 nitrogen and oxygen atoms in total. The Morgan fingerprint density at radius 2 is 1.67 bits per heavy atom. The van der Waals surface area contributed by atoms with Gasteiger partial charge in [0.15, 0.2) is 17.9 Å². The van der Waals surface area contributed by atoms with Gasteiger partial charge in [-0.25, -0.2) is 9.59 Å². The smallest absolute Gasteiger partial charge is 0.414 e. The number of carbonyl (C=O) groups excluding carboxylic acids is 3. The number of hydrogen-bond donors (Lipinski definition) is 8. The molecule has 6 atom stereocenters. The maximum Gasteiger partial charge on any atom is 0.414 e. The summed E-state index contributed by atoms with van der Waals surface area (Å²) in [5.74, 6) is -7.42. The van der Waals surface area contributed by atoms with Gasteiger partial charge in [0.2, 0.25) is 5.78 Å². The minimum atomic E-state index is -2.24. The van der Waals surface area contributed by atoms with E-state index in [1.807, 2.05) is 0 Å². The molecule has 1 aliphatic heterocycles. The summed E-state index contributed by atoms with van der Waals surface area (Å²) in [6, 6.07) is 3.64. The van der Waals surface area contributed by atoms with E-state index in [0.717, 1.165) is 0 Å². The van der Waals surface area contributed by atoms with Gasteiger partial charge in [0, 0.05) is 42.0 Å². The molecule has 2 aliphatic carbocycles. The molecule has 3 aliphatic rings. The van der Waals surface area contributed by atoms with Crippen LogP contribution in [0.4, 0.5) is 0 Å². The molecular formula is C29H31NO15. The molecule has 242 valence electrons. The predicted octanol–water partition coefficient (Wildman–Crippen LogP) is -0.843. The minimum Gasteiger partial charge on any atom is -0.507 e. The summed E-state index contributed by atoms with van der Waals surface area (Å²) in [5.41, 5.74) is 2.37. The Labute approximate surface area is 254 Å². The highest BCUT2D eigenvalue weighted by atomic mass is 16.7. The number of phenolic OH excluding ortho intramolecular Hbond substituents is 2. The van der Waals surface area contributed by atoms with Gasteiger partial charge < -0.3 is 55.7 Å². The van der Waals surface area contributed by atoms with Crippen LogP contribution in [0.25, 0.3) is 0 Å². The Morgan fingerprint density at radius 1 is 1.04 bits per heavy atom. The van der Waals surface area contributed by atoms with E-state index < -0.39 is 108 Å². The van der Waals surface area contributed by atoms with Gasteiger partial charge in [0.1, 0.15) is 29.5 Å². The predicted molar refractivity (Wildman–Crippen MR) is 147 cm³/mol. The Kier molecular flexibility index (Phi) is 9.30. The lowest BCUT2D eigenvalue weighted by Crippen LogP contribution is -2.53. The average molecular weight is 634 g/mol. The van der Waals surface area contributed by atoms with Crippen LogP contribution in [0, 0.1) is 0 Å². The van der Waals surface area contributed by atoms with E-state index in [1.165, 1.54) is 25.3 Å². The molecule has 0 unspecified atom stereocenters. The van der Waals surface area contributed by atoms with Crippen LogP contribution in [0.3, 0.4) is 0 Å². The van der Waals surface area contributed by atoms with E-state index in [-0.39, 0.29) is 34.4 Å². The van der Waals surface area contributed by atoms with E-state index in [2.05, 4.69) is 0 Å². The minimum absolute atomic E-state index is 0.0173. The maximum absolute atomic E-state index is 13.6. The lowest BCUT2D eigenvalue weighted by atomic mass is 9.72. The Hall–Kier alpha value is -4.45. The third-order valence-corrected chi connectivity index (χ3v) is 7.99. The number of aromatic hydroxyl groups is 2. The number of ether oxygens (including phenoxy) is 3. The lowest BCUT2D eigenvalue weighted by molar-refractivity contribution is -0.247. The normalized spacial score (nSPS) is 26.8. The molecule has 1 fully saturated rings. The SMILES string of the molecule is COc1cccc2c1C(=O)c1c(O)c3c(c(O)c1C2=O)C[C@@](O)(C(=O)CO)C[C@@H]3O[C@H]1C[C@H](N)[C@H](O)[C@H](C)O1.O=C(O)C(=O)O. The van der Waals surface area contributed by atoms with Gasteiger partial charge in [-0.3, -0.25) is 14.4 Å². The molecular weight excluding hydrogens is 602 g/mol. The zero-order chi connectivity index (χ0) is 33.5. The van der Waals surface area contributed by atoms with E-state index in [1.54, 1.807) is 6.92 Å². The number of Topliss-reactive ketones (excluding diaryl/α,β-unsaturated/α-hetero) is 1. The third kappa shape index (κ3) is 5.86. The highest BCUT2D eigenvalue weighted by molar-refractivity contribution is 6.31. The summed E-state index contributed by atoms with van der Waals surface area (Å²) in [7, 11) is 1.32. The van der Waals surface area contributed by atoms with Crippen LogP contribution in [0.2, 0.25) is 0 Å². The van der Waals surface area contributed by atoms with Crippen molar-refractivity contribution in [2.24, 2.45) is 5.73 Å². The van der Waals surface area contributed by atoms with Crippen molar-refractivity contribution in [3.8, 4) is 17.2 Å². The Bertz CT molecular complexity index is 1560. The quantitative estimate of drug-likeness (QED) is 0.125. The lowest BCUT2D eigenvalue weighted by Gasteiger charge is -2.42. The molecule has 0 bridgehead atoms. The number of ketones is 3. The first-order valence-electron chi connectivity index (χ1n) is 13.5. The number of rotatable bonds is 5. The fourth-order valence-corrected chi connectivity index (χ4v) is 5.75. The standard InChI is InChI=1S/C27H29NO11.C2H2O4/c1-10-22(31)13(28)6-17(38-10)39-15-8-27(36,16(30)9-29)7-12-19(15)26(35)21-20(24(12)33)23(32)11-4-3-5-14(37-2)18(11)25(21)34;3-1(4)2(5)6/h3-5,10,13,15,17,22,29,31,33,35-36H,6-9,28H2,1-2H3;(H,3,4)(H,5,6)/t10-,13-,15-,17-,22+,27-;/m0./s1. The molecule has 45 heavy (non-hydrogen) atoms. The molecule has 16 heteroatoms. The van der Waals surface area contributed by atoms with Gasteiger partial charge in [-0.15, -0.1) is 0 Å². The molecule has 5 rings (SSSR count). The second kappa shape index (κ2) is 12.5. The molecule has 1 saturated heterocycles. The van der Waals surface area contributed by atoms with E-state index in [0.29, 0.717) is 0 Å². The first-order valence-corrected chi connectivity index (χ1v) is 13.5. The van der Waals surface area contributed by atoms with Crippen LogP contribution in [-0.4, -0.2) is 109 Å². The number of aliphatic hydroxyl groups is 3. The number of hydrogen-bond acceptors (Lipinski definition) is 14. The summed E-state index contributed by atoms with van der Waals surface area (Å²) < 4.78 is 17.0. The number of benzene rings is 2. The summed E-state index contributed by atoms with van der Waals surface area (Å²) in [4.78, 5) is 57.9. The Balaban J connectivity index is 0.000000700. The summed E-state index contributed by atoms with van der Waals surface area (Å²) in [5, 5.41) is 68.5. The molecule has 0 spiro atoms. The largest absolute Gasteiger partial charge is 0.507 e. The molecule has 1 heterocycles. The van der Waals surface area contributed by atoms with Gasteiger partial charge in [-0.2, -0.15) is 0 Å². The van der Waals surface area contributed by atoms with Crippen molar-refractivity contribution in [2.75, 3.05) is 13.7 Å². The maximum atomic E-state index is 13.6. The first-order chi connectivity index (χ1) is 21.1. The number of carboxylic acids is 2. The second-order valence-corrected chi connectivity index (χ2v) is 10.8. The monoisotopic (exact) mass is 633 g/mol. The van der Waals surface area contributed by atoms with Crippen LogP contribution >= 0.6 is 0 Å². The molecule has 0 radical (unpaired) electrons. The highest BCUT2D eigenvalue weighted by Gasteiger charge is 2.50. The summed E-state index contributed by atoms with van der Waals surface area (Å²) in [6.45, 7) is 0.560. The number of carbonyl (C=O) groups is 5. The molecule has 0 amide bonds. The summed E-state index contributed by atoms with van der Waals surface area (Å²) >= 11 is 0.